The second kappa shape index (κ2) is 43.9. The number of nitrogens with two attached hydrogens (primary N) is 4. The van der Waals surface area contributed by atoms with Crippen molar-refractivity contribution in [2.75, 3.05) is 109 Å². The average molecular weight is 1720 g/mol. The van der Waals surface area contributed by atoms with Crippen molar-refractivity contribution in [2.24, 2.45) is 93.9 Å². The van der Waals surface area contributed by atoms with Gasteiger partial charge in [0.05, 0.1) is 77.3 Å². The first kappa shape index (κ1) is 52.6. The molecule has 4 fully saturated rings. The Morgan fingerprint density at radius 2 is 0.575 bits per heavy atom. The molecular weight excluding hydrogens is 1520 g/mol. The molecule has 4 aromatic rings. The van der Waals surface area contributed by atoms with Gasteiger partial charge in [0, 0.05) is 164 Å². The lowest BCUT2D eigenvalue weighted by Gasteiger charge is -2.47. The molecule has 8 heterocycles. The summed E-state index contributed by atoms with van der Waals surface area (Å²) in [6.07, 6.45) is -1.94. The monoisotopic (exact) mass is 1720 g/mol. The number of nitrogens with zero attached hydrogens (tertiary/aromatic N) is 4. The van der Waals surface area contributed by atoms with E-state index in [2.05, 4.69) is 0 Å². The Labute approximate surface area is 779 Å². The van der Waals surface area contributed by atoms with Crippen molar-refractivity contribution in [1.29, 1.82) is 0 Å². The summed E-state index contributed by atoms with van der Waals surface area (Å²) >= 11 is 0. The quantitative estimate of drug-likeness (QED) is 0.0303. The first-order valence-electron chi connectivity index (χ1n) is 61.9. The van der Waals surface area contributed by atoms with E-state index in [9.17, 15) is 26.0 Å². The van der Waals surface area contributed by atoms with Crippen molar-refractivity contribution in [1.82, 2.24) is 19.6 Å². The predicted octanol–water partition coefficient (Wildman–Crippen LogP) is 14.3. The molecule has 0 bridgehead atoms. The Balaban J connectivity index is 0.000000239. The molecule has 0 spiro atoms. The number of carbonyl (C=O) groups excluding carboxylic acids is 4. The van der Waals surface area contributed by atoms with E-state index in [-0.39, 0.29) is 103 Å². The summed E-state index contributed by atoms with van der Waals surface area (Å²) in [7, 11) is 3.13. The van der Waals surface area contributed by atoms with Gasteiger partial charge in [-0.3, -0.25) is 38.8 Å². The molecule has 24 heteroatoms. The minimum atomic E-state index is -3.76. The molecule has 0 radical (unpaired) electrons. The van der Waals surface area contributed by atoms with E-state index in [1.807, 2.05) is 81.1 Å². The lowest BCUT2D eigenvalue weighted by molar-refractivity contribution is -0.161. The van der Waals surface area contributed by atoms with Crippen molar-refractivity contribution >= 4 is 23.9 Å². The number of rotatable bonds is 28. The summed E-state index contributed by atoms with van der Waals surface area (Å²) in [5.41, 5.74) is 28.0. The van der Waals surface area contributed by atoms with Crippen LogP contribution in [0.3, 0.4) is 0 Å². The van der Waals surface area contributed by atoms with Crippen LogP contribution >= 0.6 is 0 Å². The lowest BCUT2D eigenvalue weighted by Crippen LogP contribution is -2.51. The van der Waals surface area contributed by atoms with E-state index < -0.39 is 201 Å². The molecule has 4 saturated heterocycles. The van der Waals surface area contributed by atoms with Crippen LogP contribution in [0.25, 0.3) is 0 Å². The van der Waals surface area contributed by atoms with Crippen molar-refractivity contribution in [3.8, 4) is 46.0 Å². The molecule has 4 aromatic carbocycles. The molecule has 0 saturated carbocycles. The Kier molecular flexibility index (Phi) is 19.3. The van der Waals surface area contributed by atoms with Crippen LogP contribution in [-0.4, -0.2) is 201 Å². The number of esters is 4. The van der Waals surface area contributed by atoms with Crippen molar-refractivity contribution < 1.29 is 135 Å². The number of hydrogen-bond donors (Lipinski definition) is 4. The molecule has 0 aromatic heterocycles. The Morgan fingerprint density at radius 1 is 0.350 bits per heavy atom. The van der Waals surface area contributed by atoms with Gasteiger partial charge in [-0.05, 0) is 192 Å². The minimum absolute atomic E-state index is 0.0204. The van der Waals surface area contributed by atoms with Crippen molar-refractivity contribution in [3.63, 3.8) is 0 Å². The molecular formula is C96H152N8O16. The smallest absolute Gasteiger partial charge is 0.323 e. The van der Waals surface area contributed by atoms with Gasteiger partial charge in [-0.1, -0.05) is 110 Å². The molecule has 8 aliphatic heterocycles. The molecule has 672 valence electrons. The number of benzene rings is 4. The van der Waals surface area contributed by atoms with E-state index in [4.69, 9.17) is 132 Å². The molecule has 24 nitrogen and oxygen atoms in total. The van der Waals surface area contributed by atoms with Gasteiger partial charge in [0.25, 0.3) is 0 Å². The second-order valence-electron chi connectivity index (χ2n) is 33.0. The lowest BCUT2D eigenvalue weighted by atomic mass is 9.79. The zero-order chi connectivity index (χ0) is 125. The summed E-state index contributed by atoms with van der Waals surface area (Å²) in [6.45, 7) is -10.6. The van der Waals surface area contributed by atoms with Gasteiger partial charge in [0.2, 0.25) is 0 Å². The van der Waals surface area contributed by atoms with Gasteiger partial charge < -0.3 is 79.8 Å². The molecule has 12 unspecified atom stereocenters. The highest BCUT2D eigenvalue weighted by molar-refractivity contribution is 5.77. The number of piperidine rings is 4. The van der Waals surface area contributed by atoms with Crippen LogP contribution in [0.1, 0.15) is 289 Å². The fourth-order valence-corrected chi connectivity index (χ4v) is 17.3. The molecule has 12 rings (SSSR count). The topological polar surface area (TPSA) is 296 Å². The molecule has 8 aliphatic rings. The fourth-order valence-electron chi connectivity index (χ4n) is 17.3. The third kappa shape index (κ3) is 23.8. The summed E-state index contributed by atoms with van der Waals surface area (Å²) in [4.78, 5) is 61.2. The largest absolute Gasteiger partial charge is 0.493 e. The Bertz CT molecular complexity index is 5700. The third-order valence-corrected chi connectivity index (χ3v) is 23.0. The van der Waals surface area contributed by atoms with E-state index >= 15 is 0 Å². The highest BCUT2D eigenvalue weighted by Crippen LogP contribution is 2.50. The summed E-state index contributed by atoms with van der Waals surface area (Å²) in [6, 6.07) is -7.07. The maximum Gasteiger partial charge on any atom is 0.323 e. The summed E-state index contributed by atoms with van der Waals surface area (Å²) in [5, 5.41) is 0. The van der Waals surface area contributed by atoms with E-state index in [1.54, 1.807) is 18.2 Å². The van der Waals surface area contributed by atoms with Gasteiger partial charge in [0.1, 0.15) is 48.5 Å². The van der Waals surface area contributed by atoms with Crippen LogP contribution in [-0.2, 0) is 63.8 Å². The van der Waals surface area contributed by atoms with Gasteiger partial charge in [0.15, 0.2) is 46.0 Å². The standard InChI is InChI=1S/4C24H38N2O4/c4*1-14(2)9-17-13-26-8-7-16-10-21(28-5)22(29-6)11-18(16)19(26)12-20(17)30-24(27)23(25)15(3)4/h4*10-11,14-15,17,19-20,23H,7-9,12-13,25H2,1-6H3/t4*17?,19?,20?,23-/m0000/s1/i3D3,4D3,15D,19D,20D,23D;2*3D3,4D3,5D3,15D,19D,23D;3D3,4D3,15D,19D,23D. The summed E-state index contributed by atoms with van der Waals surface area (Å²) in [5.74, 6) is -21.0. The number of methoxy groups -OCH3 is 8. The zero-order valence-electron chi connectivity index (χ0n) is 114. The van der Waals surface area contributed by atoms with Gasteiger partial charge in [-0.2, -0.15) is 0 Å². The van der Waals surface area contributed by atoms with Gasteiger partial charge in [-0.25, -0.2) is 0 Å². The van der Waals surface area contributed by atoms with Gasteiger partial charge in [-0.15, -0.1) is 0 Å². The van der Waals surface area contributed by atoms with E-state index in [1.165, 1.54) is 66.9 Å². The Morgan fingerprint density at radius 3 is 0.817 bits per heavy atom. The average Bonchev–Trinajstić information content (AvgIpc) is 0.711. The van der Waals surface area contributed by atoms with Crippen molar-refractivity contribution in [2.45, 2.75) is 260 Å². The second-order valence-corrected chi connectivity index (χ2v) is 33.0. The van der Waals surface area contributed by atoms with E-state index in [0.29, 0.717) is 140 Å². The predicted molar refractivity (Wildman–Crippen MR) is 471 cm³/mol. The van der Waals surface area contributed by atoms with Crippen LogP contribution in [0.2, 0.25) is 0 Å². The molecule has 8 N–H and O–H groups in total. The van der Waals surface area contributed by atoms with E-state index in [0.717, 1.165) is 11.1 Å². The SMILES string of the molecule is [2H]C([2H])([2H])Oc1cc2c(cc1OC)C1([2H])CC(OC(=O)[C@@]([2H])(N)C([2H])(C([2H])([2H])[2H])C([2H])([2H])[2H])C(CC(C)C)CN1CC2.[2H]C([2H])([2H])Oc1cc2c(cc1OC)C1([2H])CC(OC(=O)[C@@]([2H])(N)C([2H])(C([2H])([2H])[2H])C([2H])([2H])[2H])C(CC(C)C)CN1CC2.[2H]C1(OC(=O)[C@@]([2H])(N)C([2H])(C([2H])([2H])[2H])C([2H])([2H])[2H])CC2([2H])c3cc(OC)c(OC)cc3CCN2CC1CC(C)C.[2H]C12CC(OC(=O)[C@@]([2H])(N)C([2H])(C([2H])([2H])[2H])C([2H])([2H])[2H])C(CC(C)C)CN1CCc1cc(OC)c(OC)cc12. The summed E-state index contributed by atoms with van der Waals surface area (Å²) < 4.78 is 408. The van der Waals surface area contributed by atoms with Crippen LogP contribution < -0.4 is 60.8 Å². The number of ether oxygens (including phenoxy) is 12. The molecule has 0 amide bonds. The minimum Gasteiger partial charge on any atom is -0.493 e. The van der Waals surface area contributed by atoms with Crippen LogP contribution in [0.4, 0.5) is 0 Å². The highest BCUT2D eigenvalue weighted by Gasteiger charge is 2.47. The van der Waals surface area contributed by atoms with Gasteiger partial charge >= 0.3 is 23.9 Å². The molecule has 16 atom stereocenters. The Hall–Kier alpha value is -7.16. The normalized spacial score (nSPS) is 35.7. The number of hydrogen-bond acceptors (Lipinski definition) is 24. The van der Waals surface area contributed by atoms with Crippen molar-refractivity contribution in [3.05, 3.63) is 93.0 Å². The first-order chi connectivity index (χ1) is 73.6. The van der Waals surface area contributed by atoms with Crippen LogP contribution in [0.5, 0.6) is 46.0 Å². The first-order valence-corrected chi connectivity index (χ1v) is 40.4. The van der Waals surface area contributed by atoms with Crippen LogP contribution in [0, 0.1) is 70.9 Å². The third-order valence-electron chi connectivity index (χ3n) is 23.0. The zero-order valence-corrected chi connectivity index (χ0v) is 71.2. The number of carbonyl (C=O) groups is 4. The number of fused-ring (bicyclic) bond motifs is 12. The maximum atomic E-state index is 13.4. The maximum absolute atomic E-state index is 13.4. The fraction of sp³-hybridized carbons (Fsp3) is 0.708. The molecule has 120 heavy (non-hydrogen) atoms. The highest BCUT2D eigenvalue weighted by atomic mass is 16.6. The molecule has 0 aliphatic carbocycles. The van der Waals surface area contributed by atoms with Crippen LogP contribution in [0.15, 0.2) is 48.5 Å².